The Balaban J connectivity index is 1.89. The van der Waals surface area contributed by atoms with Crippen LogP contribution >= 0.6 is 0 Å². The normalized spacial score (nSPS) is 16.6. The van der Waals surface area contributed by atoms with Crippen molar-refractivity contribution in [3.63, 3.8) is 0 Å². The van der Waals surface area contributed by atoms with Crippen LogP contribution in [-0.2, 0) is 11.0 Å². The van der Waals surface area contributed by atoms with Crippen molar-refractivity contribution in [3.8, 4) is 0 Å². The van der Waals surface area contributed by atoms with E-state index < -0.39 is 11.7 Å². The summed E-state index contributed by atoms with van der Waals surface area (Å²) in [7, 11) is 0. The maximum absolute atomic E-state index is 12.8. The Morgan fingerprint density at radius 3 is 2.67 bits per heavy atom. The monoisotopic (exact) mass is 332 g/mol. The Morgan fingerprint density at radius 1 is 1.21 bits per heavy atom. The van der Waals surface area contributed by atoms with Crippen LogP contribution in [0, 0.1) is 0 Å². The third kappa shape index (κ3) is 2.99. The average molecular weight is 332 g/mol. The van der Waals surface area contributed by atoms with Crippen LogP contribution in [0.25, 0.3) is 0 Å². The molecule has 1 amide bonds. The molecule has 24 heavy (non-hydrogen) atoms. The fourth-order valence-electron chi connectivity index (χ4n) is 2.84. The summed E-state index contributed by atoms with van der Waals surface area (Å²) >= 11 is 0. The summed E-state index contributed by atoms with van der Waals surface area (Å²) in [5.74, 6) is -0.240. The Morgan fingerprint density at radius 2 is 1.96 bits per heavy atom. The number of para-hydroxylation sites is 1. The lowest BCUT2D eigenvalue weighted by Crippen LogP contribution is -2.29. The van der Waals surface area contributed by atoms with E-state index >= 15 is 0 Å². The summed E-state index contributed by atoms with van der Waals surface area (Å²) < 4.78 is 38.5. The SMILES string of the molecule is C=CC(=O)N1CC(Nc2cccc(C(F)(F)F)c2)c2ccccc21. The van der Waals surface area contributed by atoms with E-state index in [1.165, 1.54) is 12.1 Å². The second-order valence-corrected chi connectivity index (χ2v) is 5.49. The first-order valence-corrected chi connectivity index (χ1v) is 7.37. The van der Waals surface area contributed by atoms with E-state index in [4.69, 9.17) is 0 Å². The van der Waals surface area contributed by atoms with Gasteiger partial charge in [-0.25, -0.2) is 0 Å². The molecule has 1 aliphatic rings. The number of nitrogens with zero attached hydrogens (tertiary/aromatic N) is 1. The zero-order valence-electron chi connectivity index (χ0n) is 12.7. The van der Waals surface area contributed by atoms with Crippen molar-refractivity contribution in [1.29, 1.82) is 0 Å². The maximum Gasteiger partial charge on any atom is 0.416 e. The third-order valence-corrected chi connectivity index (χ3v) is 3.94. The molecule has 0 radical (unpaired) electrons. The third-order valence-electron chi connectivity index (χ3n) is 3.94. The Kier molecular flexibility index (Phi) is 4.05. The van der Waals surface area contributed by atoms with Gasteiger partial charge < -0.3 is 10.2 Å². The molecule has 1 heterocycles. The number of amides is 1. The highest BCUT2D eigenvalue weighted by molar-refractivity contribution is 6.03. The standard InChI is InChI=1S/C18H15F3N2O/c1-2-17(24)23-11-15(14-8-3-4-9-16(14)23)22-13-7-5-6-12(10-13)18(19,20)21/h2-10,15,22H,1,11H2. The van der Waals surface area contributed by atoms with Crippen molar-refractivity contribution in [3.05, 3.63) is 72.3 Å². The quantitative estimate of drug-likeness (QED) is 0.846. The minimum Gasteiger partial charge on any atom is -0.376 e. The van der Waals surface area contributed by atoms with E-state index in [9.17, 15) is 18.0 Å². The summed E-state index contributed by atoms with van der Waals surface area (Å²) in [6.07, 6.45) is -3.17. The van der Waals surface area contributed by atoms with Crippen molar-refractivity contribution >= 4 is 17.3 Å². The fraction of sp³-hybridized carbons (Fsp3) is 0.167. The lowest BCUT2D eigenvalue weighted by atomic mass is 10.1. The van der Waals surface area contributed by atoms with Gasteiger partial charge in [-0.3, -0.25) is 4.79 Å². The van der Waals surface area contributed by atoms with Gasteiger partial charge in [0.2, 0.25) is 5.91 Å². The zero-order valence-corrected chi connectivity index (χ0v) is 12.7. The van der Waals surface area contributed by atoms with Gasteiger partial charge in [-0.05, 0) is 35.9 Å². The van der Waals surface area contributed by atoms with Gasteiger partial charge >= 0.3 is 6.18 Å². The van der Waals surface area contributed by atoms with E-state index in [2.05, 4.69) is 11.9 Å². The molecule has 1 aliphatic heterocycles. The number of anilines is 2. The number of alkyl halides is 3. The summed E-state index contributed by atoms with van der Waals surface area (Å²) in [6, 6.07) is 12.1. The van der Waals surface area contributed by atoms with Gasteiger partial charge in [-0.1, -0.05) is 30.8 Å². The minimum absolute atomic E-state index is 0.240. The lowest BCUT2D eigenvalue weighted by molar-refractivity contribution is -0.137. The molecule has 1 N–H and O–H groups in total. The van der Waals surface area contributed by atoms with Gasteiger partial charge in [0.1, 0.15) is 0 Å². The molecule has 2 aromatic carbocycles. The molecule has 1 unspecified atom stereocenters. The van der Waals surface area contributed by atoms with Crippen LogP contribution in [0.2, 0.25) is 0 Å². The molecule has 0 fully saturated rings. The molecule has 3 nitrogen and oxygen atoms in total. The van der Waals surface area contributed by atoms with Crippen LogP contribution in [0.3, 0.4) is 0 Å². The summed E-state index contributed by atoms with van der Waals surface area (Å²) in [5, 5.41) is 3.09. The lowest BCUT2D eigenvalue weighted by Gasteiger charge is -2.18. The van der Waals surface area contributed by atoms with Gasteiger partial charge in [-0.2, -0.15) is 13.2 Å². The Bertz CT molecular complexity index is 786. The topological polar surface area (TPSA) is 32.3 Å². The van der Waals surface area contributed by atoms with Crippen molar-refractivity contribution < 1.29 is 18.0 Å². The predicted octanol–water partition coefficient (Wildman–Crippen LogP) is 4.39. The van der Waals surface area contributed by atoms with Crippen molar-refractivity contribution in [2.45, 2.75) is 12.2 Å². The number of nitrogens with one attached hydrogen (secondary N) is 1. The fourth-order valence-corrected chi connectivity index (χ4v) is 2.84. The van der Waals surface area contributed by atoms with Crippen molar-refractivity contribution in [1.82, 2.24) is 0 Å². The number of carbonyl (C=O) groups excluding carboxylic acids is 1. The van der Waals surface area contributed by atoms with Crippen LogP contribution < -0.4 is 10.2 Å². The molecule has 2 aromatic rings. The van der Waals surface area contributed by atoms with Crippen LogP contribution in [0.1, 0.15) is 17.2 Å². The molecule has 0 aromatic heterocycles. The van der Waals surface area contributed by atoms with Crippen LogP contribution in [0.4, 0.5) is 24.5 Å². The van der Waals surface area contributed by atoms with E-state index in [0.717, 1.165) is 23.4 Å². The number of rotatable bonds is 3. The minimum atomic E-state index is -4.39. The number of fused-ring (bicyclic) bond motifs is 1. The Hall–Kier alpha value is -2.76. The molecule has 0 saturated carbocycles. The highest BCUT2D eigenvalue weighted by Crippen LogP contribution is 2.37. The molecular weight excluding hydrogens is 317 g/mol. The van der Waals surface area contributed by atoms with E-state index in [1.54, 1.807) is 11.0 Å². The van der Waals surface area contributed by atoms with E-state index in [-0.39, 0.29) is 11.9 Å². The van der Waals surface area contributed by atoms with Gasteiger partial charge in [-0.15, -0.1) is 0 Å². The molecule has 0 spiro atoms. The molecule has 0 aliphatic carbocycles. The highest BCUT2D eigenvalue weighted by atomic mass is 19.4. The second-order valence-electron chi connectivity index (χ2n) is 5.49. The molecule has 1 atom stereocenters. The molecular formula is C18H15F3N2O. The van der Waals surface area contributed by atoms with E-state index in [1.807, 2.05) is 24.3 Å². The van der Waals surface area contributed by atoms with Gasteiger partial charge in [0, 0.05) is 11.4 Å². The second kappa shape index (κ2) is 6.03. The van der Waals surface area contributed by atoms with Crippen LogP contribution in [-0.4, -0.2) is 12.5 Å². The van der Waals surface area contributed by atoms with Crippen LogP contribution in [0.5, 0.6) is 0 Å². The molecule has 0 bridgehead atoms. The van der Waals surface area contributed by atoms with Gasteiger partial charge in [0.15, 0.2) is 0 Å². The predicted molar refractivity (Wildman–Crippen MR) is 86.8 cm³/mol. The molecule has 0 saturated heterocycles. The highest BCUT2D eigenvalue weighted by Gasteiger charge is 2.33. The smallest absolute Gasteiger partial charge is 0.376 e. The number of benzene rings is 2. The summed E-state index contributed by atoms with van der Waals surface area (Å²) in [6.45, 7) is 3.82. The maximum atomic E-state index is 12.8. The number of hydrogen-bond donors (Lipinski definition) is 1. The summed E-state index contributed by atoms with van der Waals surface area (Å²) in [5.41, 5.74) is 1.26. The van der Waals surface area contributed by atoms with E-state index in [0.29, 0.717) is 12.2 Å². The number of carbonyl (C=O) groups is 1. The first-order valence-electron chi connectivity index (χ1n) is 7.37. The van der Waals surface area contributed by atoms with Crippen molar-refractivity contribution in [2.24, 2.45) is 0 Å². The van der Waals surface area contributed by atoms with Gasteiger partial charge in [0.05, 0.1) is 18.2 Å². The zero-order chi connectivity index (χ0) is 17.3. The number of halogens is 3. The van der Waals surface area contributed by atoms with Crippen LogP contribution in [0.15, 0.2) is 61.2 Å². The molecule has 6 heteroatoms. The summed E-state index contributed by atoms with van der Waals surface area (Å²) in [4.78, 5) is 13.6. The first kappa shape index (κ1) is 16.1. The first-order chi connectivity index (χ1) is 11.4. The molecule has 3 rings (SSSR count). The largest absolute Gasteiger partial charge is 0.416 e. The molecule has 124 valence electrons. The van der Waals surface area contributed by atoms with Crippen molar-refractivity contribution in [2.75, 3.05) is 16.8 Å². The Labute approximate surface area is 137 Å². The van der Waals surface area contributed by atoms with Gasteiger partial charge in [0.25, 0.3) is 0 Å². The average Bonchev–Trinajstić information content (AvgIpc) is 2.92. The number of hydrogen-bond acceptors (Lipinski definition) is 2.